The van der Waals surface area contributed by atoms with E-state index in [1.54, 1.807) is 12.1 Å². The summed E-state index contributed by atoms with van der Waals surface area (Å²) in [5, 5.41) is 11.0. The predicted molar refractivity (Wildman–Crippen MR) is 89.2 cm³/mol. The molecule has 0 bridgehead atoms. The fourth-order valence-corrected chi connectivity index (χ4v) is 3.96. The van der Waals surface area contributed by atoms with E-state index in [4.69, 9.17) is 0 Å². The Bertz CT molecular complexity index is 987. The van der Waals surface area contributed by atoms with Crippen LogP contribution in [0, 0.1) is 10.1 Å². The Morgan fingerprint density at radius 3 is 2.42 bits per heavy atom. The summed E-state index contributed by atoms with van der Waals surface area (Å²) in [7, 11) is -4.14. The van der Waals surface area contributed by atoms with Crippen LogP contribution in [0.25, 0.3) is 11.4 Å². The van der Waals surface area contributed by atoms with Crippen LogP contribution in [0.5, 0.6) is 0 Å². The molecule has 0 fully saturated rings. The van der Waals surface area contributed by atoms with Crippen LogP contribution in [0.4, 0.5) is 10.8 Å². The number of nitrogens with zero attached hydrogens (tertiary/aromatic N) is 3. The lowest BCUT2D eigenvalue weighted by Crippen LogP contribution is -2.14. The number of nitro benzene ring substituents is 1. The molecule has 0 aliphatic carbocycles. The van der Waals surface area contributed by atoms with Gasteiger partial charge in [-0.3, -0.25) is 14.8 Å². The highest BCUT2D eigenvalue weighted by Crippen LogP contribution is 2.27. The van der Waals surface area contributed by atoms with Gasteiger partial charge in [0.25, 0.3) is 15.7 Å². The van der Waals surface area contributed by atoms with Crippen molar-refractivity contribution in [3.8, 4) is 11.4 Å². The third kappa shape index (κ3) is 3.24. The lowest BCUT2D eigenvalue weighted by atomic mass is 10.2. The molecular weight excluding hydrogens is 352 g/mol. The average Bonchev–Trinajstić information content (AvgIpc) is 3.03. The van der Waals surface area contributed by atoms with Crippen molar-refractivity contribution in [3.63, 3.8) is 0 Å². The molecule has 1 N–H and O–H groups in total. The van der Waals surface area contributed by atoms with E-state index in [-0.39, 0.29) is 5.13 Å². The lowest BCUT2D eigenvalue weighted by molar-refractivity contribution is -0.387. The molecule has 0 radical (unpaired) electrons. The number of aromatic nitrogens is 2. The predicted octanol–water partition coefficient (Wildman–Crippen LogP) is 2.91. The molecule has 24 heavy (non-hydrogen) atoms. The molecule has 0 spiro atoms. The topological polar surface area (TPSA) is 115 Å². The first-order chi connectivity index (χ1) is 11.5. The van der Waals surface area contributed by atoms with Gasteiger partial charge in [-0.1, -0.05) is 42.5 Å². The molecule has 1 aromatic heterocycles. The van der Waals surface area contributed by atoms with Gasteiger partial charge in [0, 0.05) is 23.2 Å². The normalized spacial score (nSPS) is 11.2. The van der Waals surface area contributed by atoms with Gasteiger partial charge < -0.3 is 0 Å². The smallest absolute Gasteiger partial charge is 0.258 e. The van der Waals surface area contributed by atoms with Gasteiger partial charge in [0.2, 0.25) is 5.13 Å². The van der Waals surface area contributed by atoms with Gasteiger partial charge in [0.1, 0.15) is 0 Å². The Labute approximate surface area is 141 Å². The van der Waals surface area contributed by atoms with E-state index in [0.717, 1.165) is 23.2 Å². The summed E-state index contributed by atoms with van der Waals surface area (Å²) in [6, 6.07) is 14.2. The minimum Gasteiger partial charge on any atom is -0.258 e. The van der Waals surface area contributed by atoms with Gasteiger partial charge in [-0.25, -0.2) is 8.42 Å². The Balaban J connectivity index is 1.91. The third-order valence-electron chi connectivity index (χ3n) is 3.03. The quantitative estimate of drug-likeness (QED) is 0.551. The van der Waals surface area contributed by atoms with Crippen molar-refractivity contribution in [1.29, 1.82) is 0 Å². The van der Waals surface area contributed by atoms with E-state index in [1.165, 1.54) is 18.2 Å². The minimum atomic E-state index is -4.14. The molecule has 3 rings (SSSR count). The second-order valence-corrected chi connectivity index (χ2v) is 7.02. The fraction of sp³-hybridized carbons (Fsp3) is 0. The Morgan fingerprint density at radius 1 is 1.04 bits per heavy atom. The molecule has 0 amide bonds. The maximum absolute atomic E-state index is 12.4. The molecular formula is C14H10N4O4S2. The van der Waals surface area contributed by atoms with E-state index in [0.29, 0.717) is 5.82 Å². The fourth-order valence-electron chi connectivity index (χ4n) is 1.97. The highest BCUT2D eigenvalue weighted by molar-refractivity contribution is 7.93. The molecule has 0 atom stereocenters. The maximum atomic E-state index is 12.4. The number of nitrogens with one attached hydrogen (secondary N) is 1. The summed E-state index contributed by atoms with van der Waals surface area (Å²) in [6.45, 7) is 0. The third-order valence-corrected chi connectivity index (χ3v) is 5.18. The van der Waals surface area contributed by atoms with Gasteiger partial charge in [-0.15, -0.1) is 0 Å². The molecule has 0 aliphatic rings. The molecule has 122 valence electrons. The molecule has 2 aromatic carbocycles. The summed E-state index contributed by atoms with van der Waals surface area (Å²) >= 11 is 0.859. The monoisotopic (exact) mass is 362 g/mol. The number of para-hydroxylation sites is 1. The maximum Gasteiger partial charge on any atom is 0.289 e. The number of rotatable bonds is 5. The first-order valence-corrected chi connectivity index (χ1v) is 8.88. The largest absolute Gasteiger partial charge is 0.289 e. The zero-order valence-electron chi connectivity index (χ0n) is 12.0. The molecule has 0 saturated carbocycles. The second kappa shape index (κ2) is 6.34. The van der Waals surface area contributed by atoms with Crippen LogP contribution in [-0.2, 0) is 10.0 Å². The number of anilines is 1. The summed E-state index contributed by atoms with van der Waals surface area (Å²) in [5.41, 5.74) is 0.239. The van der Waals surface area contributed by atoms with E-state index in [9.17, 15) is 18.5 Å². The van der Waals surface area contributed by atoms with Crippen LogP contribution < -0.4 is 4.72 Å². The number of hydrogen-bond donors (Lipinski definition) is 1. The molecule has 10 heteroatoms. The zero-order chi connectivity index (χ0) is 17.2. The summed E-state index contributed by atoms with van der Waals surface area (Å²) in [4.78, 5) is 13.9. The first-order valence-electron chi connectivity index (χ1n) is 6.63. The van der Waals surface area contributed by atoms with Crippen LogP contribution in [0.15, 0.2) is 59.5 Å². The van der Waals surface area contributed by atoms with Gasteiger partial charge >= 0.3 is 0 Å². The summed E-state index contributed by atoms with van der Waals surface area (Å²) < 4.78 is 31.1. The summed E-state index contributed by atoms with van der Waals surface area (Å²) in [5.74, 6) is 0.376. The highest BCUT2D eigenvalue weighted by atomic mass is 32.2. The van der Waals surface area contributed by atoms with Crippen molar-refractivity contribution in [2.75, 3.05) is 4.72 Å². The van der Waals surface area contributed by atoms with Crippen LogP contribution in [0.3, 0.4) is 0 Å². The Morgan fingerprint density at radius 2 is 1.71 bits per heavy atom. The second-order valence-electron chi connectivity index (χ2n) is 4.62. The van der Waals surface area contributed by atoms with E-state index in [2.05, 4.69) is 14.1 Å². The van der Waals surface area contributed by atoms with Crippen molar-refractivity contribution < 1.29 is 13.3 Å². The number of hydrogen-bond acceptors (Lipinski definition) is 7. The molecule has 0 aliphatic heterocycles. The van der Waals surface area contributed by atoms with Crippen LogP contribution >= 0.6 is 11.5 Å². The molecule has 3 aromatic rings. The Kier molecular flexibility index (Phi) is 4.23. The van der Waals surface area contributed by atoms with Crippen molar-refractivity contribution in [2.24, 2.45) is 0 Å². The van der Waals surface area contributed by atoms with Crippen molar-refractivity contribution in [3.05, 3.63) is 64.7 Å². The standard InChI is InChI=1S/C14H10N4O4S2/c19-18(20)11-8-4-5-9-12(11)24(21,22)17-14-15-13(16-23-14)10-6-2-1-3-7-10/h1-9H,(H,15,16,17). The number of benzene rings is 2. The summed E-state index contributed by atoms with van der Waals surface area (Å²) in [6.07, 6.45) is 0. The number of sulfonamides is 1. The Hall–Kier alpha value is -2.85. The van der Waals surface area contributed by atoms with Gasteiger partial charge in [0.15, 0.2) is 10.7 Å². The molecule has 0 unspecified atom stereocenters. The minimum absolute atomic E-state index is 0.0343. The van der Waals surface area contributed by atoms with Crippen molar-refractivity contribution in [2.45, 2.75) is 4.90 Å². The molecule has 0 saturated heterocycles. The highest BCUT2D eigenvalue weighted by Gasteiger charge is 2.26. The molecule has 1 heterocycles. The van der Waals surface area contributed by atoms with Crippen LogP contribution in [0.2, 0.25) is 0 Å². The SMILES string of the molecule is O=[N+]([O-])c1ccccc1S(=O)(=O)Nc1nc(-c2ccccc2)ns1. The van der Waals surface area contributed by atoms with E-state index >= 15 is 0 Å². The zero-order valence-corrected chi connectivity index (χ0v) is 13.6. The van der Waals surface area contributed by atoms with Gasteiger partial charge in [-0.05, 0) is 6.07 Å². The first kappa shape index (κ1) is 16.0. The average molecular weight is 362 g/mol. The van der Waals surface area contributed by atoms with Crippen molar-refractivity contribution in [1.82, 2.24) is 9.36 Å². The van der Waals surface area contributed by atoms with Crippen LogP contribution in [-0.4, -0.2) is 22.7 Å². The molecule has 8 nitrogen and oxygen atoms in total. The van der Waals surface area contributed by atoms with Crippen molar-refractivity contribution >= 4 is 32.4 Å². The van der Waals surface area contributed by atoms with E-state index in [1.807, 2.05) is 18.2 Å². The lowest BCUT2D eigenvalue weighted by Gasteiger charge is -2.05. The number of nitro groups is 1. The van der Waals surface area contributed by atoms with Gasteiger partial charge in [0.05, 0.1) is 4.92 Å². The van der Waals surface area contributed by atoms with Gasteiger partial charge in [-0.2, -0.15) is 9.36 Å². The van der Waals surface area contributed by atoms with Crippen LogP contribution in [0.1, 0.15) is 0 Å². The van der Waals surface area contributed by atoms with E-state index < -0.39 is 25.5 Å².